The third-order valence-corrected chi connectivity index (χ3v) is 12.3. The highest BCUT2D eigenvalue weighted by molar-refractivity contribution is 5.92. The monoisotopic (exact) mass is 807 g/mol. The summed E-state index contributed by atoms with van der Waals surface area (Å²) in [6, 6.07) is 77.8. The van der Waals surface area contributed by atoms with Crippen LogP contribution in [-0.4, -0.2) is 15.0 Å². The first-order valence-electron chi connectivity index (χ1n) is 21.2. The molecule has 10 aromatic rings. The second-order valence-electron chi connectivity index (χ2n) is 15.9. The fourth-order valence-electron chi connectivity index (χ4n) is 9.47. The number of rotatable bonds is 7. The molecular formula is C58H37N3O2. The van der Waals surface area contributed by atoms with E-state index in [1.165, 1.54) is 16.7 Å². The van der Waals surface area contributed by atoms with Gasteiger partial charge in [0.15, 0.2) is 40.5 Å². The molecule has 0 bridgehead atoms. The van der Waals surface area contributed by atoms with Crippen molar-refractivity contribution in [2.24, 2.45) is 0 Å². The van der Waals surface area contributed by atoms with E-state index in [0.29, 0.717) is 40.5 Å². The van der Waals surface area contributed by atoms with E-state index in [4.69, 9.17) is 24.4 Å². The predicted molar refractivity (Wildman–Crippen MR) is 251 cm³/mol. The van der Waals surface area contributed by atoms with E-state index >= 15 is 0 Å². The lowest BCUT2D eigenvalue weighted by Gasteiger charge is -2.34. The minimum Gasteiger partial charge on any atom is -0.449 e. The lowest BCUT2D eigenvalue weighted by Crippen LogP contribution is -2.28. The van der Waals surface area contributed by atoms with Crippen LogP contribution in [-0.2, 0) is 5.41 Å². The number of hydrogen-bond acceptors (Lipinski definition) is 5. The molecule has 0 N–H and O–H groups in total. The molecule has 0 saturated carbocycles. The van der Waals surface area contributed by atoms with Crippen LogP contribution < -0.4 is 9.47 Å². The lowest BCUT2D eigenvalue weighted by molar-refractivity contribution is 0.360. The zero-order valence-electron chi connectivity index (χ0n) is 34.0. The fourth-order valence-corrected chi connectivity index (χ4v) is 9.47. The van der Waals surface area contributed by atoms with Crippen molar-refractivity contribution in [3.63, 3.8) is 0 Å². The SMILES string of the molecule is c1ccc(-c2cccc(-c3nc(-c4ccccc4)nc(-c4ccccc4-c4ccc5c(c4)Oc4c(ccc6c4-c4ccccc4C6(c4ccccc4)c4ccccc4)O5)n3)c2)cc1. The average Bonchev–Trinajstić information content (AvgIpc) is 3.68. The van der Waals surface area contributed by atoms with Gasteiger partial charge in [-0.1, -0.05) is 200 Å². The molecule has 1 aliphatic heterocycles. The number of fused-ring (bicyclic) bond motifs is 6. The van der Waals surface area contributed by atoms with Gasteiger partial charge in [0.1, 0.15) is 0 Å². The molecule has 0 saturated heterocycles. The molecule has 1 aromatic heterocycles. The number of ether oxygens (including phenoxy) is 2. The van der Waals surface area contributed by atoms with E-state index in [-0.39, 0.29) is 0 Å². The standard InChI is InChI=1S/C58H37N3O2/c1-5-18-38(19-6-1)40-22-17-23-42(36-40)56-59-55(39-20-7-2-8-21-39)60-57(61-56)46-29-14-13-28-45(46)41-32-34-50-52(37-41)63-54-51(62-50)35-33-49-53(54)47-30-15-16-31-48(47)58(49,43-24-9-3-10-25-43)44-26-11-4-12-27-44/h1-37H. The van der Waals surface area contributed by atoms with Crippen LogP contribution in [0.4, 0.5) is 0 Å². The molecule has 1 aliphatic carbocycles. The van der Waals surface area contributed by atoms with Gasteiger partial charge >= 0.3 is 0 Å². The molecule has 9 aromatic carbocycles. The molecule has 5 heteroatoms. The highest BCUT2D eigenvalue weighted by atomic mass is 16.6. The Balaban J connectivity index is 0.980. The summed E-state index contributed by atoms with van der Waals surface area (Å²) < 4.78 is 13.8. The Morgan fingerprint density at radius 1 is 0.302 bits per heavy atom. The molecule has 0 unspecified atom stereocenters. The van der Waals surface area contributed by atoms with Crippen LogP contribution >= 0.6 is 0 Å². The van der Waals surface area contributed by atoms with Crippen molar-refractivity contribution >= 4 is 0 Å². The minimum atomic E-state index is -0.557. The number of nitrogens with zero attached hydrogens (tertiary/aromatic N) is 3. The van der Waals surface area contributed by atoms with Crippen LogP contribution in [0.5, 0.6) is 23.0 Å². The van der Waals surface area contributed by atoms with Crippen molar-refractivity contribution in [1.82, 2.24) is 15.0 Å². The van der Waals surface area contributed by atoms with Crippen molar-refractivity contribution < 1.29 is 9.47 Å². The van der Waals surface area contributed by atoms with Crippen molar-refractivity contribution in [3.05, 3.63) is 247 Å². The van der Waals surface area contributed by atoms with Gasteiger partial charge in [-0.15, -0.1) is 0 Å². The molecule has 0 fully saturated rings. The molecule has 0 radical (unpaired) electrons. The van der Waals surface area contributed by atoms with Crippen molar-refractivity contribution in [1.29, 1.82) is 0 Å². The lowest BCUT2D eigenvalue weighted by atomic mass is 9.68. The zero-order chi connectivity index (χ0) is 41.7. The van der Waals surface area contributed by atoms with E-state index in [0.717, 1.165) is 55.6 Å². The smallest absolute Gasteiger partial charge is 0.178 e. The Morgan fingerprint density at radius 2 is 0.841 bits per heavy atom. The van der Waals surface area contributed by atoms with E-state index in [2.05, 4.69) is 170 Å². The van der Waals surface area contributed by atoms with Crippen LogP contribution in [0.1, 0.15) is 22.3 Å². The van der Waals surface area contributed by atoms with Gasteiger partial charge < -0.3 is 9.47 Å². The van der Waals surface area contributed by atoms with Crippen molar-refractivity contribution in [3.8, 4) is 90.5 Å². The van der Waals surface area contributed by atoms with Crippen LogP contribution in [0.3, 0.4) is 0 Å². The Kier molecular flexibility index (Phi) is 8.64. The van der Waals surface area contributed by atoms with Crippen molar-refractivity contribution in [2.45, 2.75) is 5.41 Å². The van der Waals surface area contributed by atoms with E-state index in [1.54, 1.807) is 0 Å². The zero-order valence-corrected chi connectivity index (χ0v) is 34.0. The maximum Gasteiger partial charge on any atom is 0.178 e. The van der Waals surface area contributed by atoms with Crippen LogP contribution in [0.15, 0.2) is 224 Å². The molecule has 0 amide bonds. The Bertz CT molecular complexity index is 3300. The van der Waals surface area contributed by atoms with E-state index in [1.807, 2.05) is 54.6 Å². The van der Waals surface area contributed by atoms with Crippen LogP contribution in [0.25, 0.3) is 67.5 Å². The third kappa shape index (κ3) is 6.05. The molecule has 0 spiro atoms. The molecule has 2 heterocycles. The fraction of sp³-hybridized carbons (Fsp3) is 0.0172. The normalized spacial score (nSPS) is 12.8. The second-order valence-corrected chi connectivity index (χ2v) is 15.9. The van der Waals surface area contributed by atoms with E-state index < -0.39 is 5.41 Å². The van der Waals surface area contributed by atoms with Gasteiger partial charge in [0.25, 0.3) is 0 Å². The summed E-state index contributed by atoms with van der Waals surface area (Å²) in [4.78, 5) is 15.4. The molecule has 5 nitrogen and oxygen atoms in total. The van der Waals surface area contributed by atoms with Gasteiger partial charge in [0.2, 0.25) is 0 Å². The van der Waals surface area contributed by atoms with Gasteiger partial charge in [-0.2, -0.15) is 0 Å². The van der Waals surface area contributed by atoms with Gasteiger partial charge in [-0.25, -0.2) is 15.0 Å². The third-order valence-electron chi connectivity index (χ3n) is 12.3. The summed E-state index contributed by atoms with van der Waals surface area (Å²) in [6.07, 6.45) is 0. The topological polar surface area (TPSA) is 57.1 Å². The quantitative estimate of drug-likeness (QED) is 0.161. The second kappa shape index (κ2) is 14.9. The number of hydrogen-bond donors (Lipinski definition) is 0. The summed E-state index contributed by atoms with van der Waals surface area (Å²) in [5, 5.41) is 0. The van der Waals surface area contributed by atoms with Gasteiger partial charge in [-0.3, -0.25) is 0 Å². The number of benzene rings is 9. The minimum absolute atomic E-state index is 0.557. The maximum absolute atomic E-state index is 7.09. The highest BCUT2D eigenvalue weighted by Crippen LogP contribution is 2.62. The molecule has 12 rings (SSSR count). The Hall–Kier alpha value is -8.41. The first-order valence-corrected chi connectivity index (χ1v) is 21.2. The van der Waals surface area contributed by atoms with Crippen LogP contribution in [0.2, 0.25) is 0 Å². The van der Waals surface area contributed by atoms with Gasteiger partial charge in [0.05, 0.1) is 5.41 Å². The summed E-state index contributed by atoms with van der Waals surface area (Å²) >= 11 is 0. The molecule has 2 aliphatic rings. The molecule has 63 heavy (non-hydrogen) atoms. The molecule has 296 valence electrons. The maximum atomic E-state index is 7.09. The van der Waals surface area contributed by atoms with Crippen LogP contribution in [0, 0.1) is 0 Å². The number of aromatic nitrogens is 3. The first kappa shape index (κ1) is 36.4. The largest absolute Gasteiger partial charge is 0.449 e. The summed E-state index contributed by atoms with van der Waals surface area (Å²) in [7, 11) is 0. The summed E-state index contributed by atoms with van der Waals surface area (Å²) in [5.74, 6) is 4.46. The first-order chi connectivity index (χ1) is 31.2. The van der Waals surface area contributed by atoms with E-state index in [9.17, 15) is 0 Å². The highest BCUT2D eigenvalue weighted by Gasteiger charge is 2.48. The van der Waals surface area contributed by atoms with Crippen molar-refractivity contribution in [2.75, 3.05) is 0 Å². The average molecular weight is 808 g/mol. The van der Waals surface area contributed by atoms with Gasteiger partial charge in [-0.05, 0) is 74.3 Å². The van der Waals surface area contributed by atoms with Gasteiger partial charge in [0, 0.05) is 22.3 Å². The molecular weight excluding hydrogens is 771 g/mol. The summed E-state index contributed by atoms with van der Waals surface area (Å²) in [5.41, 5.74) is 13.2. The Labute approximate surface area is 365 Å². The Morgan fingerprint density at radius 3 is 1.56 bits per heavy atom. The summed E-state index contributed by atoms with van der Waals surface area (Å²) in [6.45, 7) is 0. The predicted octanol–water partition coefficient (Wildman–Crippen LogP) is 14.5. The molecule has 0 atom stereocenters.